The molecule has 0 bridgehead atoms. The number of ether oxygens (including phenoxy) is 4. The number of thioether (sulfide) groups is 1. The first kappa shape index (κ1) is 19.4. The molecule has 0 spiro atoms. The molecule has 0 radical (unpaired) electrons. The first-order chi connectivity index (χ1) is 14.2. The van der Waals surface area contributed by atoms with E-state index in [2.05, 4.69) is 4.99 Å². The number of rotatable bonds is 6. The fourth-order valence-corrected chi connectivity index (χ4v) is 3.97. The Bertz CT molecular complexity index is 975. The predicted octanol–water partition coefficient (Wildman–Crippen LogP) is 3.67. The Labute approximate surface area is 172 Å². The van der Waals surface area contributed by atoms with Gasteiger partial charge in [0.1, 0.15) is 5.75 Å². The number of carbonyl (C=O) groups excluding carboxylic acids is 1. The molecule has 2 aliphatic heterocycles. The zero-order valence-electron chi connectivity index (χ0n) is 16.1. The van der Waals surface area contributed by atoms with Crippen molar-refractivity contribution >= 4 is 34.6 Å². The summed E-state index contributed by atoms with van der Waals surface area (Å²) in [6, 6.07) is 13.1. The molecule has 1 fully saturated rings. The van der Waals surface area contributed by atoms with Gasteiger partial charge in [0.15, 0.2) is 16.7 Å². The van der Waals surface area contributed by atoms with E-state index in [1.54, 1.807) is 31.3 Å². The molecule has 1 amide bonds. The number of methoxy groups -OCH3 is 2. The minimum atomic E-state index is -0.124. The second-order valence-electron chi connectivity index (χ2n) is 6.24. The van der Waals surface area contributed by atoms with Gasteiger partial charge < -0.3 is 18.9 Å². The fraction of sp³-hybridized carbons (Fsp3) is 0.238. The summed E-state index contributed by atoms with van der Waals surface area (Å²) in [6.07, 6.45) is 1.79. The van der Waals surface area contributed by atoms with Crippen LogP contribution in [0.1, 0.15) is 5.56 Å². The molecule has 150 valence electrons. The van der Waals surface area contributed by atoms with Crippen molar-refractivity contribution in [3.8, 4) is 17.2 Å². The van der Waals surface area contributed by atoms with Crippen molar-refractivity contribution in [2.24, 2.45) is 4.99 Å². The number of aliphatic imine (C=N–C) groups is 1. The van der Waals surface area contributed by atoms with Gasteiger partial charge in [-0.05, 0) is 36.0 Å². The lowest BCUT2D eigenvalue weighted by Crippen LogP contribution is -2.32. The molecular weight excluding hydrogens is 392 g/mol. The van der Waals surface area contributed by atoms with Crippen molar-refractivity contribution in [3.05, 3.63) is 52.9 Å². The second-order valence-corrected chi connectivity index (χ2v) is 7.25. The molecule has 1 saturated heterocycles. The van der Waals surface area contributed by atoms with Crippen LogP contribution in [0.2, 0.25) is 0 Å². The van der Waals surface area contributed by atoms with Crippen molar-refractivity contribution in [2.45, 2.75) is 0 Å². The van der Waals surface area contributed by atoms with Crippen molar-refractivity contribution in [1.29, 1.82) is 0 Å². The van der Waals surface area contributed by atoms with Crippen LogP contribution in [0.25, 0.3) is 6.08 Å². The standard InChI is InChI=1S/C21H20N2O5S/c1-25-9-8-23-20(24)19(29-21(23)22-15-6-4-3-5-7-15)11-14-10-17-18(28-13-27-17)12-16(14)26-2/h3-7,10-12H,8-9,13H2,1-2H3/b19-11+,22-21?. The molecule has 2 aromatic carbocycles. The van der Waals surface area contributed by atoms with Crippen LogP contribution in [0.5, 0.6) is 17.2 Å². The van der Waals surface area contributed by atoms with Crippen LogP contribution in [0.4, 0.5) is 5.69 Å². The van der Waals surface area contributed by atoms with E-state index < -0.39 is 0 Å². The molecule has 29 heavy (non-hydrogen) atoms. The maximum Gasteiger partial charge on any atom is 0.266 e. The highest BCUT2D eigenvalue weighted by molar-refractivity contribution is 8.18. The third-order valence-electron chi connectivity index (χ3n) is 4.40. The van der Waals surface area contributed by atoms with Gasteiger partial charge >= 0.3 is 0 Å². The van der Waals surface area contributed by atoms with Gasteiger partial charge in [-0.3, -0.25) is 9.69 Å². The van der Waals surface area contributed by atoms with Crippen LogP contribution in [-0.2, 0) is 9.53 Å². The lowest BCUT2D eigenvalue weighted by atomic mass is 10.1. The predicted molar refractivity (Wildman–Crippen MR) is 112 cm³/mol. The van der Waals surface area contributed by atoms with Gasteiger partial charge in [-0.2, -0.15) is 0 Å². The highest BCUT2D eigenvalue weighted by Gasteiger charge is 2.33. The smallest absolute Gasteiger partial charge is 0.266 e. The average molecular weight is 412 g/mol. The van der Waals surface area contributed by atoms with E-state index in [9.17, 15) is 4.79 Å². The van der Waals surface area contributed by atoms with Crippen molar-refractivity contribution < 1.29 is 23.7 Å². The lowest BCUT2D eigenvalue weighted by molar-refractivity contribution is -0.122. The molecule has 0 atom stereocenters. The van der Waals surface area contributed by atoms with E-state index in [1.165, 1.54) is 11.8 Å². The molecule has 8 heteroatoms. The van der Waals surface area contributed by atoms with E-state index in [0.29, 0.717) is 40.5 Å². The molecule has 2 heterocycles. The van der Waals surface area contributed by atoms with E-state index >= 15 is 0 Å². The Balaban J connectivity index is 1.69. The maximum atomic E-state index is 13.1. The topological polar surface area (TPSA) is 69.6 Å². The Morgan fingerprint density at radius 3 is 2.66 bits per heavy atom. The Morgan fingerprint density at radius 1 is 1.17 bits per heavy atom. The molecule has 0 aromatic heterocycles. The molecule has 0 unspecified atom stereocenters. The average Bonchev–Trinajstić information content (AvgIpc) is 3.31. The summed E-state index contributed by atoms with van der Waals surface area (Å²) in [5.41, 5.74) is 1.52. The third kappa shape index (κ3) is 4.08. The fourth-order valence-electron chi connectivity index (χ4n) is 2.95. The number of fused-ring (bicyclic) bond motifs is 1. The first-order valence-corrected chi connectivity index (χ1v) is 9.83. The van der Waals surface area contributed by atoms with Crippen LogP contribution in [0.3, 0.4) is 0 Å². The molecular formula is C21H20N2O5S. The largest absolute Gasteiger partial charge is 0.496 e. The molecule has 7 nitrogen and oxygen atoms in total. The number of amidine groups is 1. The van der Waals surface area contributed by atoms with Crippen molar-refractivity contribution in [2.75, 3.05) is 34.2 Å². The van der Waals surface area contributed by atoms with Gasteiger partial charge in [-0.25, -0.2) is 4.99 Å². The van der Waals surface area contributed by atoms with Crippen molar-refractivity contribution in [1.82, 2.24) is 4.90 Å². The van der Waals surface area contributed by atoms with Crippen LogP contribution in [0, 0.1) is 0 Å². The summed E-state index contributed by atoms with van der Waals surface area (Å²) in [7, 11) is 3.19. The SMILES string of the molecule is COCCN1C(=O)/C(=C\c2cc3c(cc2OC)OCO3)SC1=Nc1ccccc1. The minimum Gasteiger partial charge on any atom is -0.496 e. The Hall–Kier alpha value is -2.97. The number of para-hydroxylation sites is 1. The van der Waals surface area contributed by atoms with Gasteiger partial charge in [0.05, 0.1) is 30.9 Å². The summed E-state index contributed by atoms with van der Waals surface area (Å²) in [4.78, 5) is 19.9. The van der Waals surface area contributed by atoms with E-state index in [1.807, 2.05) is 36.4 Å². The zero-order chi connectivity index (χ0) is 20.2. The van der Waals surface area contributed by atoms with E-state index in [4.69, 9.17) is 18.9 Å². The number of carbonyl (C=O) groups is 1. The van der Waals surface area contributed by atoms with E-state index in [-0.39, 0.29) is 12.7 Å². The van der Waals surface area contributed by atoms with Crippen molar-refractivity contribution in [3.63, 3.8) is 0 Å². The van der Waals surface area contributed by atoms with Gasteiger partial charge in [0, 0.05) is 18.7 Å². The van der Waals surface area contributed by atoms with Gasteiger partial charge in [0.2, 0.25) is 6.79 Å². The molecule has 4 rings (SSSR count). The minimum absolute atomic E-state index is 0.124. The van der Waals surface area contributed by atoms with Crippen LogP contribution >= 0.6 is 11.8 Å². The first-order valence-electron chi connectivity index (χ1n) is 9.01. The number of amides is 1. The second kappa shape index (κ2) is 8.59. The van der Waals surface area contributed by atoms with Crippen LogP contribution in [0.15, 0.2) is 52.4 Å². The number of hydrogen-bond donors (Lipinski definition) is 0. The molecule has 0 aliphatic carbocycles. The van der Waals surface area contributed by atoms with Gasteiger partial charge in [-0.1, -0.05) is 18.2 Å². The quantitative estimate of drug-likeness (QED) is 0.675. The summed E-state index contributed by atoms with van der Waals surface area (Å²) < 4.78 is 21.5. The lowest BCUT2D eigenvalue weighted by Gasteiger charge is -2.14. The monoisotopic (exact) mass is 412 g/mol. The third-order valence-corrected chi connectivity index (χ3v) is 5.41. The van der Waals surface area contributed by atoms with Gasteiger partial charge in [-0.15, -0.1) is 0 Å². The summed E-state index contributed by atoms with van der Waals surface area (Å²) in [5, 5.41) is 0.615. The maximum absolute atomic E-state index is 13.1. The van der Waals surface area contributed by atoms with E-state index in [0.717, 1.165) is 11.3 Å². The van der Waals surface area contributed by atoms with Crippen LogP contribution in [-0.4, -0.2) is 50.1 Å². The molecule has 2 aromatic rings. The Morgan fingerprint density at radius 2 is 1.93 bits per heavy atom. The summed E-state index contributed by atoms with van der Waals surface area (Å²) in [5.74, 6) is 1.73. The number of hydrogen-bond acceptors (Lipinski definition) is 7. The van der Waals surface area contributed by atoms with Crippen LogP contribution < -0.4 is 14.2 Å². The normalized spacial score (nSPS) is 18.1. The number of benzene rings is 2. The Kier molecular flexibility index (Phi) is 5.73. The summed E-state index contributed by atoms with van der Waals surface area (Å²) in [6.45, 7) is 1.01. The molecule has 0 N–H and O–H groups in total. The highest BCUT2D eigenvalue weighted by Crippen LogP contribution is 2.41. The highest BCUT2D eigenvalue weighted by atomic mass is 32.2. The zero-order valence-corrected chi connectivity index (χ0v) is 16.9. The summed E-state index contributed by atoms with van der Waals surface area (Å²) >= 11 is 1.32. The number of nitrogens with zero attached hydrogens (tertiary/aromatic N) is 2. The molecule has 0 saturated carbocycles. The molecule has 2 aliphatic rings. The van der Waals surface area contributed by atoms with Gasteiger partial charge in [0.25, 0.3) is 5.91 Å².